The van der Waals surface area contributed by atoms with E-state index in [1.165, 1.54) is 10.6 Å². The van der Waals surface area contributed by atoms with E-state index < -0.39 is 10.0 Å². The van der Waals surface area contributed by atoms with Gasteiger partial charge >= 0.3 is 6.03 Å². The van der Waals surface area contributed by atoms with Gasteiger partial charge in [0.2, 0.25) is 10.0 Å². The van der Waals surface area contributed by atoms with Crippen LogP contribution in [-0.4, -0.2) is 60.6 Å². The summed E-state index contributed by atoms with van der Waals surface area (Å²) in [5.74, 6) is 0. The molecule has 25 heavy (non-hydrogen) atoms. The zero-order valence-corrected chi connectivity index (χ0v) is 15.8. The van der Waals surface area contributed by atoms with Crippen LogP contribution in [0.25, 0.3) is 0 Å². The fourth-order valence-electron chi connectivity index (χ4n) is 2.67. The Morgan fingerprint density at radius 1 is 1.36 bits per heavy atom. The predicted molar refractivity (Wildman–Crippen MR) is 93.4 cm³/mol. The second kappa shape index (κ2) is 8.63. The smallest absolute Gasteiger partial charge is 0.315 e. The lowest BCUT2D eigenvalue weighted by Gasteiger charge is -2.25. The molecule has 0 aliphatic carbocycles. The molecule has 0 unspecified atom stereocenters. The number of carbonyl (C=O) groups is 1. The number of sulfonamides is 1. The number of aromatic nitrogens is 2. The maximum absolute atomic E-state index is 11.9. The number of nitrogens with zero attached hydrogens (tertiary/aromatic N) is 3. The molecular formula is C15H27N5O4S. The van der Waals surface area contributed by atoms with Gasteiger partial charge in [0.1, 0.15) is 0 Å². The van der Waals surface area contributed by atoms with E-state index in [0.717, 1.165) is 12.1 Å². The normalized spacial score (nSPS) is 16.3. The SMILES string of the molecule is CCO[C@@H](CC)CNC(=O)NCc1cc2n(n1)CCN(S(C)(=O)=O)C2. The standard InChI is InChI=1S/C15H27N5O4S/c1-4-14(24-5-2)10-17-15(21)16-9-12-8-13-11-19(25(3,22)23)6-7-20(13)18-12/h8,14H,4-7,9-11H2,1-3H3,(H2,16,17,21)/t14-/m0/s1. The Morgan fingerprint density at radius 3 is 2.76 bits per heavy atom. The molecule has 0 fully saturated rings. The van der Waals surface area contributed by atoms with E-state index in [1.807, 2.05) is 19.9 Å². The van der Waals surface area contributed by atoms with Crippen LogP contribution in [0.2, 0.25) is 0 Å². The molecule has 0 spiro atoms. The van der Waals surface area contributed by atoms with Crippen molar-refractivity contribution in [2.45, 2.75) is 46.0 Å². The summed E-state index contributed by atoms with van der Waals surface area (Å²) in [6, 6.07) is 1.55. The van der Waals surface area contributed by atoms with Gasteiger partial charge in [-0.3, -0.25) is 4.68 Å². The van der Waals surface area contributed by atoms with Gasteiger partial charge in [-0.05, 0) is 19.4 Å². The maximum atomic E-state index is 11.9. The molecule has 2 amide bonds. The first kappa shape index (κ1) is 19.7. The zero-order valence-electron chi connectivity index (χ0n) is 15.0. The largest absolute Gasteiger partial charge is 0.377 e. The third-order valence-electron chi connectivity index (χ3n) is 4.06. The van der Waals surface area contributed by atoms with Crippen LogP contribution in [0.4, 0.5) is 4.79 Å². The molecule has 2 heterocycles. The van der Waals surface area contributed by atoms with Gasteiger partial charge in [0.05, 0.1) is 43.4 Å². The molecule has 9 nitrogen and oxygen atoms in total. The van der Waals surface area contributed by atoms with E-state index in [9.17, 15) is 13.2 Å². The average molecular weight is 373 g/mol. The molecule has 0 bridgehead atoms. The molecule has 10 heteroatoms. The molecular weight excluding hydrogens is 346 g/mol. The molecule has 1 aliphatic rings. The summed E-state index contributed by atoms with van der Waals surface area (Å²) in [4.78, 5) is 11.9. The molecule has 142 valence electrons. The van der Waals surface area contributed by atoms with E-state index in [0.29, 0.717) is 38.5 Å². The Hall–Kier alpha value is -1.65. The number of hydrogen-bond acceptors (Lipinski definition) is 5. The molecule has 0 saturated carbocycles. The van der Waals surface area contributed by atoms with Crippen molar-refractivity contribution in [2.75, 3.05) is 26.0 Å². The number of urea groups is 1. The predicted octanol–water partition coefficient (Wildman–Crippen LogP) is 0.273. The third-order valence-corrected chi connectivity index (χ3v) is 5.31. The van der Waals surface area contributed by atoms with E-state index in [4.69, 9.17) is 4.74 Å². The molecule has 0 aromatic carbocycles. The van der Waals surface area contributed by atoms with Gasteiger partial charge < -0.3 is 15.4 Å². The summed E-state index contributed by atoms with van der Waals surface area (Å²) < 4.78 is 32.0. The Bertz CT molecular complexity index is 688. The zero-order chi connectivity index (χ0) is 18.4. The first-order valence-electron chi connectivity index (χ1n) is 8.47. The monoisotopic (exact) mass is 373 g/mol. The van der Waals surface area contributed by atoms with Crippen molar-refractivity contribution in [1.29, 1.82) is 0 Å². The fraction of sp³-hybridized carbons (Fsp3) is 0.733. The van der Waals surface area contributed by atoms with Crippen LogP contribution in [-0.2, 0) is 34.4 Å². The minimum absolute atomic E-state index is 0.0117. The Morgan fingerprint density at radius 2 is 2.12 bits per heavy atom. The molecule has 1 aromatic rings. The van der Waals surface area contributed by atoms with Crippen LogP contribution in [0.15, 0.2) is 6.07 Å². The lowest BCUT2D eigenvalue weighted by Crippen LogP contribution is -2.40. The van der Waals surface area contributed by atoms with E-state index >= 15 is 0 Å². The van der Waals surface area contributed by atoms with Crippen LogP contribution >= 0.6 is 0 Å². The van der Waals surface area contributed by atoms with Gasteiger partial charge in [-0.15, -0.1) is 0 Å². The van der Waals surface area contributed by atoms with Crippen molar-refractivity contribution in [3.8, 4) is 0 Å². The number of carbonyl (C=O) groups excluding carboxylic acids is 1. The van der Waals surface area contributed by atoms with E-state index in [-0.39, 0.29) is 18.7 Å². The molecule has 1 aromatic heterocycles. The second-order valence-corrected chi connectivity index (χ2v) is 7.98. The Kier molecular flexibility index (Phi) is 6.79. The summed E-state index contributed by atoms with van der Waals surface area (Å²) in [7, 11) is -3.21. The van der Waals surface area contributed by atoms with E-state index in [1.54, 1.807) is 4.68 Å². The van der Waals surface area contributed by atoms with Crippen LogP contribution < -0.4 is 10.6 Å². The van der Waals surface area contributed by atoms with Crippen LogP contribution in [0.1, 0.15) is 31.7 Å². The van der Waals surface area contributed by atoms with Crippen LogP contribution in [0.5, 0.6) is 0 Å². The van der Waals surface area contributed by atoms with Crippen molar-refractivity contribution in [1.82, 2.24) is 24.7 Å². The highest BCUT2D eigenvalue weighted by Gasteiger charge is 2.24. The van der Waals surface area contributed by atoms with Gasteiger partial charge in [-0.1, -0.05) is 6.92 Å². The summed E-state index contributed by atoms with van der Waals surface area (Å²) in [5.41, 5.74) is 1.54. The number of fused-ring (bicyclic) bond motifs is 1. The highest BCUT2D eigenvalue weighted by atomic mass is 32.2. The van der Waals surface area contributed by atoms with Crippen molar-refractivity contribution in [2.24, 2.45) is 0 Å². The van der Waals surface area contributed by atoms with Crippen molar-refractivity contribution < 1.29 is 17.9 Å². The average Bonchev–Trinajstić information content (AvgIpc) is 2.98. The number of ether oxygens (including phenoxy) is 1. The molecule has 1 atom stereocenters. The maximum Gasteiger partial charge on any atom is 0.315 e. The number of nitrogens with one attached hydrogen (secondary N) is 2. The molecule has 0 saturated heterocycles. The minimum atomic E-state index is -3.21. The summed E-state index contributed by atoms with van der Waals surface area (Å²) in [6.45, 7) is 6.54. The first-order chi connectivity index (χ1) is 11.8. The van der Waals surface area contributed by atoms with Crippen molar-refractivity contribution in [3.05, 3.63) is 17.5 Å². The lowest BCUT2D eigenvalue weighted by molar-refractivity contribution is 0.0618. The molecule has 2 N–H and O–H groups in total. The Labute approximate surface area is 148 Å². The highest BCUT2D eigenvalue weighted by Crippen LogP contribution is 2.15. The minimum Gasteiger partial charge on any atom is -0.377 e. The first-order valence-corrected chi connectivity index (χ1v) is 10.3. The molecule has 2 rings (SSSR count). The summed E-state index contributed by atoms with van der Waals surface area (Å²) in [5, 5.41) is 9.95. The van der Waals surface area contributed by atoms with Gasteiger partial charge in [-0.25, -0.2) is 13.2 Å². The van der Waals surface area contributed by atoms with Gasteiger partial charge in [0, 0.05) is 19.7 Å². The quantitative estimate of drug-likeness (QED) is 0.681. The van der Waals surface area contributed by atoms with Crippen molar-refractivity contribution in [3.63, 3.8) is 0 Å². The fourth-order valence-corrected chi connectivity index (χ4v) is 3.45. The van der Waals surface area contributed by atoms with Gasteiger partial charge in [0.25, 0.3) is 0 Å². The van der Waals surface area contributed by atoms with Crippen LogP contribution in [0.3, 0.4) is 0 Å². The second-order valence-electron chi connectivity index (χ2n) is 6.00. The topological polar surface area (TPSA) is 106 Å². The van der Waals surface area contributed by atoms with Crippen molar-refractivity contribution >= 4 is 16.1 Å². The summed E-state index contributed by atoms with van der Waals surface area (Å²) in [6.07, 6.45) is 2.05. The van der Waals surface area contributed by atoms with E-state index in [2.05, 4.69) is 15.7 Å². The highest BCUT2D eigenvalue weighted by molar-refractivity contribution is 7.88. The van der Waals surface area contributed by atoms with Gasteiger partial charge in [0.15, 0.2) is 0 Å². The number of hydrogen-bond donors (Lipinski definition) is 2. The number of amides is 2. The summed E-state index contributed by atoms with van der Waals surface area (Å²) >= 11 is 0. The third kappa shape index (κ3) is 5.68. The lowest BCUT2D eigenvalue weighted by atomic mass is 10.3. The molecule has 1 aliphatic heterocycles. The number of rotatable bonds is 8. The Balaban J connectivity index is 1.83. The van der Waals surface area contributed by atoms with Crippen LogP contribution in [0, 0.1) is 0 Å². The van der Waals surface area contributed by atoms with Gasteiger partial charge in [-0.2, -0.15) is 9.40 Å². The molecule has 0 radical (unpaired) electrons.